The molecular formula is C23H14N4S. The van der Waals surface area contributed by atoms with Crippen LogP contribution in [0.3, 0.4) is 0 Å². The molecule has 5 heteroatoms. The van der Waals surface area contributed by atoms with Crippen LogP contribution in [0.1, 0.15) is 11.1 Å². The van der Waals surface area contributed by atoms with E-state index in [1.54, 1.807) is 0 Å². The van der Waals surface area contributed by atoms with Gasteiger partial charge in [0.2, 0.25) is 0 Å². The van der Waals surface area contributed by atoms with Crippen molar-refractivity contribution in [2.45, 2.75) is 9.92 Å². The Hall–Kier alpha value is -3.80. The van der Waals surface area contributed by atoms with Gasteiger partial charge in [-0.25, -0.2) is 4.98 Å². The molecule has 0 fully saturated rings. The van der Waals surface area contributed by atoms with Gasteiger partial charge in [0.05, 0.1) is 5.56 Å². The predicted octanol–water partition coefficient (Wildman–Crippen LogP) is 5.38. The van der Waals surface area contributed by atoms with Gasteiger partial charge in [0.15, 0.2) is 0 Å². The molecule has 2 N–H and O–H groups in total. The summed E-state index contributed by atoms with van der Waals surface area (Å²) in [7, 11) is 0. The maximum Gasteiger partial charge on any atom is 0.143 e. The van der Waals surface area contributed by atoms with Gasteiger partial charge in [0.1, 0.15) is 28.5 Å². The molecule has 0 unspecified atom stereocenters. The zero-order valence-corrected chi connectivity index (χ0v) is 15.6. The minimum Gasteiger partial charge on any atom is -0.383 e. The van der Waals surface area contributed by atoms with Crippen LogP contribution in [-0.2, 0) is 0 Å². The summed E-state index contributed by atoms with van der Waals surface area (Å²) in [4.78, 5) is 5.32. The molecule has 1 heterocycles. The summed E-state index contributed by atoms with van der Waals surface area (Å²) in [6.45, 7) is 0. The van der Waals surface area contributed by atoms with E-state index in [1.165, 1.54) is 11.8 Å². The van der Waals surface area contributed by atoms with Crippen molar-refractivity contribution in [1.82, 2.24) is 4.98 Å². The Morgan fingerprint density at radius 3 is 2.18 bits per heavy atom. The smallest absolute Gasteiger partial charge is 0.143 e. The molecule has 4 rings (SSSR count). The quantitative estimate of drug-likeness (QED) is 0.517. The molecule has 4 aromatic rings. The van der Waals surface area contributed by atoms with E-state index in [-0.39, 0.29) is 11.4 Å². The fourth-order valence-corrected chi connectivity index (χ4v) is 4.05. The number of aromatic nitrogens is 1. The number of hydrogen-bond acceptors (Lipinski definition) is 5. The Labute approximate surface area is 166 Å². The summed E-state index contributed by atoms with van der Waals surface area (Å²) in [6, 6.07) is 27.8. The zero-order chi connectivity index (χ0) is 19.5. The molecule has 0 spiro atoms. The lowest BCUT2D eigenvalue weighted by Gasteiger charge is -2.13. The molecule has 3 aromatic carbocycles. The highest BCUT2D eigenvalue weighted by Crippen LogP contribution is 2.38. The number of nitrogens with zero attached hydrogens (tertiary/aromatic N) is 3. The van der Waals surface area contributed by atoms with Crippen LogP contribution >= 0.6 is 11.8 Å². The van der Waals surface area contributed by atoms with Crippen LogP contribution in [0, 0.1) is 22.7 Å². The SMILES string of the molecule is N#Cc1c(N)nc(Sc2ccc3ccccc3c2)c(C#N)c1-c1ccccc1. The van der Waals surface area contributed by atoms with Crippen LogP contribution in [0.4, 0.5) is 5.82 Å². The van der Waals surface area contributed by atoms with E-state index in [4.69, 9.17) is 5.73 Å². The summed E-state index contributed by atoms with van der Waals surface area (Å²) in [6.07, 6.45) is 0. The first-order valence-electron chi connectivity index (χ1n) is 8.57. The number of anilines is 1. The molecule has 0 saturated carbocycles. The van der Waals surface area contributed by atoms with Gasteiger partial charge >= 0.3 is 0 Å². The van der Waals surface area contributed by atoms with Gasteiger partial charge in [-0.2, -0.15) is 10.5 Å². The third-order valence-corrected chi connectivity index (χ3v) is 5.39. The topological polar surface area (TPSA) is 86.5 Å². The number of rotatable bonds is 3. The molecule has 0 aliphatic rings. The van der Waals surface area contributed by atoms with E-state index >= 15 is 0 Å². The Bertz CT molecular complexity index is 1270. The standard InChI is InChI=1S/C23H14N4S/c24-13-19-21(16-7-2-1-3-8-16)20(14-25)23(27-22(19)26)28-18-11-10-15-6-4-5-9-17(15)12-18/h1-12H,(H2,26,27). The Morgan fingerprint density at radius 2 is 1.46 bits per heavy atom. The summed E-state index contributed by atoms with van der Waals surface area (Å²) in [5.74, 6) is 0.128. The number of pyridine rings is 1. The largest absolute Gasteiger partial charge is 0.383 e. The Morgan fingerprint density at radius 1 is 0.786 bits per heavy atom. The van der Waals surface area contributed by atoms with Crippen molar-refractivity contribution in [2.75, 3.05) is 5.73 Å². The minimum atomic E-state index is 0.128. The fraction of sp³-hybridized carbons (Fsp3) is 0. The average molecular weight is 378 g/mol. The average Bonchev–Trinajstić information content (AvgIpc) is 2.74. The molecule has 0 saturated heterocycles. The van der Waals surface area contributed by atoms with Gasteiger partial charge in [-0.1, -0.05) is 72.4 Å². The van der Waals surface area contributed by atoms with E-state index in [0.29, 0.717) is 16.2 Å². The lowest BCUT2D eigenvalue weighted by molar-refractivity contribution is 1.11. The number of fused-ring (bicyclic) bond motifs is 1. The number of nitrogens with two attached hydrogens (primary N) is 1. The van der Waals surface area contributed by atoms with Crippen LogP contribution < -0.4 is 5.73 Å². The molecule has 0 aliphatic heterocycles. The van der Waals surface area contributed by atoms with E-state index in [9.17, 15) is 10.5 Å². The highest BCUT2D eigenvalue weighted by atomic mass is 32.2. The monoisotopic (exact) mass is 378 g/mol. The first kappa shape index (κ1) is 17.6. The molecule has 0 amide bonds. The molecule has 132 valence electrons. The molecule has 0 radical (unpaired) electrons. The van der Waals surface area contributed by atoms with Crippen molar-refractivity contribution in [3.63, 3.8) is 0 Å². The molecule has 0 bridgehead atoms. The first-order chi connectivity index (χ1) is 13.7. The molecule has 1 aromatic heterocycles. The van der Waals surface area contributed by atoms with Crippen LogP contribution in [0.15, 0.2) is 82.7 Å². The van der Waals surface area contributed by atoms with Crippen molar-refractivity contribution in [1.29, 1.82) is 10.5 Å². The van der Waals surface area contributed by atoms with Gasteiger partial charge in [-0.15, -0.1) is 0 Å². The number of hydrogen-bond donors (Lipinski definition) is 1. The maximum atomic E-state index is 9.87. The molecule has 0 aliphatic carbocycles. The second kappa shape index (κ2) is 7.44. The summed E-state index contributed by atoms with van der Waals surface area (Å²) < 4.78 is 0. The van der Waals surface area contributed by atoms with Gasteiger partial charge in [-0.05, 0) is 28.5 Å². The van der Waals surface area contributed by atoms with E-state index in [1.807, 2.05) is 60.7 Å². The second-order valence-electron chi connectivity index (χ2n) is 6.13. The second-order valence-corrected chi connectivity index (χ2v) is 7.19. The van der Waals surface area contributed by atoms with Gasteiger partial charge in [0.25, 0.3) is 0 Å². The van der Waals surface area contributed by atoms with Gasteiger partial charge in [-0.3, -0.25) is 0 Å². The van der Waals surface area contributed by atoms with Crippen molar-refractivity contribution >= 4 is 28.4 Å². The van der Waals surface area contributed by atoms with Crippen LogP contribution in [-0.4, -0.2) is 4.98 Å². The third-order valence-electron chi connectivity index (χ3n) is 4.41. The van der Waals surface area contributed by atoms with Gasteiger partial charge in [0, 0.05) is 10.5 Å². The van der Waals surface area contributed by atoms with E-state index in [2.05, 4.69) is 29.3 Å². The molecule has 4 nitrogen and oxygen atoms in total. The van der Waals surface area contributed by atoms with Gasteiger partial charge < -0.3 is 5.73 Å². The Kier molecular flexibility index (Phi) is 4.68. The predicted molar refractivity (Wildman–Crippen MR) is 112 cm³/mol. The summed E-state index contributed by atoms with van der Waals surface area (Å²) in [5, 5.41) is 22.2. The minimum absolute atomic E-state index is 0.128. The number of benzene rings is 3. The molecular weight excluding hydrogens is 364 g/mol. The summed E-state index contributed by atoms with van der Waals surface area (Å²) >= 11 is 1.37. The first-order valence-corrected chi connectivity index (χ1v) is 9.38. The van der Waals surface area contributed by atoms with E-state index < -0.39 is 0 Å². The number of nitriles is 2. The highest BCUT2D eigenvalue weighted by Gasteiger charge is 2.20. The third kappa shape index (κ3) is 3.16. The van der Waals surface area contributed by atoms with Crippen molar-refractivity contribution in [3.05, 3.63) is 83.9 Å². The highest BCUT2D eigenvalue weighted by molar-refractivity contribution is 7.99. The van der Waals surface area contributed by atoms with E-state index in [0.717, 1.165) is 21.2 Å². The molecule has 28 heavy (non-hydrogen) atoms. The van der Waals surface area contributed by atoms with Crippen LogP contribution in [0.25, 0.3) is 21.9 Å². The fourth-order valence-electron chi connectivity index (χ4n) is 3.11. The maximum absolute atomic E-state index is 9.87. The zero-order valence-electron chi connectivity index (χ0n) is 14.8. The van der Waals surface area contributed by atoms with Crippen molar-refractivity contribution in [3.8, 4) is 23.3 Å². The Balaban J connectivity index is 1.88. The van der Waals surface area contributed by atoms with Crippen LogP contribution in [0.2, 0.25) is 0 Å². The van der Waals surface area contributed by atoms with Crippen LogP contribution in [0.5, 0.6) is 0 Å². The van der Waals surface area contributed by atoms with Crippen molar-refractivity contribution in [2.24, 2.45) is 0 Å². The van der Waals surface area contributed by atoms with Crippen molar-refractivity contribution < 1.29 is 0 Å². The lowest BCUT2D eigenvalue weighted by Crippen LogP contribution is -2.03. The summed E-state index contributed by atoms with van der Waals surface area (Å²) in [5.41, 5.74) is 7.96. The lowest BCUT2D eigenvalue weighted by atomic mass is 9.97. The normalized spacial score (nSPS) is 10.4. The molecule has 0 atom stereocenters. The number of nitrogen functional groups attached to an aromatic ring is 1.